The van der Waals surface area contributed by atoms with Crippen LogP contribution in [0.1, 0.15) is 20.3 Å². The van der Waals surface area contributed by atoms with Crippen LogP contribution in [0.25, 0.3) is 0 Å². The van der Waals surface area contributed by atoms with Gasteiger partial charge in [-0.2, -0.15) is 12.6 Å². The van der Waals surface area contributed by atoms with Gasteiger partial charge >= 0.3 is 0 Å². The highest BCUT2D eigenvalue weighted by Crippen LogP contribution is 2.25. The minimum atomic E-state index is -1.22. The van der Waals surface area contributed by atoms with Crippen molar-refractivity contribution in [2.45, 2.75) is 26.4 Å². The van der Waals surface area contributed by atoms with E-state index in [2.05, 4.69) is 23.3 Å². The molecule has 130 valence electrons. The molecule has 0 spiro atoms. The highest BCUT2D eigenvalue weighted by Gasteiger charge is 2.34. The number of ether oxygens (including phenoxy) is 1. The monoisotopic (exact) mass is 360 g/mol. The van der Waals surface area contributed by atoms with Crippen LogP contribution in [0.3, 0.4) is 0 Å². The summed E-state index contributed by atoms with van der Waals surface area (Å²) in [6.07, 6.45) is -1.05. The molecule has 0 aliphatic rings. The van der Waals surface area contributed by atoms with Crippen molar-refractivity contribution in [1.29, 1.82) is 0 Å². The second-order valence-electron chi connectivity index (χ2n) is 5.73. The summed E-state index contributed by atoms with van der Waals surface area (Å²) in [4.78, 5) is 23.4. The van der Waals surface area contributed by atoms with Crippen LogP contribution in [0, 0.1) is 5.41 Å². The van der Waals surface area contributed by atoms with Crippen LogP contribution in [0.15, 0.2) is 17.5 Å². The van der Waals surface area contributed by atoms with Crippen molar-refractivity contribution in [2.75, 3.05) is 25.4 Å². The molecule has 0 radical (unpaired) electrons. The summed E-state index contributed by atoms with van der Waals surface area (Å²) >= 11 is 5.44. The molecule has 0 aliphatic carbocycles. The molecule has 0 saturated carbocycles. The number of aliphatic hydroxyl groups excluding tert-OH is 1. The molecule has 0 aliphatic heterocycles. The van der Waals surface area contributed by atoms with Crippen LogP contribution in [-0.2, 0) is 9.59 Å². The van der Waals surface area contributed by atoms with Gasteiger partial charge in [0, 0.05) is 30.7 Å². The predicted octanol–water partition coefficient (Wildman–Crippen LogP) is 1.07. The molecule has 1 aromatic rings. The van der Waals surface area contributed by atoms with Gasteiger partial charge in [-0.05, 0) is 17.5 Å². The van der Waals surface area contributed by atoms with Gasteiger partial charge in [0.25, 0.3) is 0 Å². The SMILES string of the molecule is CC(C)(COc1cccs1)C(O)C(=O)NCCC(=O)NCCS. The van der Waals surface area contributed by atoms with Crippen molar-refractivity contribution in [3.63, 3.8) is 0 Å². The average molecular weight is 361 g/mol. The fourth-order valence-electron chi connectivity index (χ4n) is 1.72. The van der Waals surface area contributed by atoms with Gasteiger partial charge in [-0.25, -0.2) is 0 Å². The molecule has 1 heterocycles. The Morgan fingerprint density at radius 3 is 2.74 bits per heavy atom. The lowest BCUT2D eigenvalue weighted by Crippen LogP contribution is -2.47. The minimum absolute atomic E-state index is 0.158. The van der Waals surface area contributed by atoms with E-state index in [1.165, 1.54) is 11.3 Å². The standard InChI is InChI=1S/C15H24N2O4S2/c1-15(2,10-21-12-4-3-9-23-12)13(19)14(20)17-6-5-11(18)16-7-8-22/h3-4,9,13,19,22H,5-8,10H2,1-2H3,(H,16,18)(H,17,20). The zero-order chi connectivity index (χ0) is 17.3. The molecule has 1 unspecified atom stereocenters. The maximum absolute atomic E-state index is 12.0. The third-order valence-corrected chi connectivity index (χ3v) is 4.16. The van der Waals surface area contributed by atoms with Gasteiger partial charge < -0.3 is 20.5 Å². The van der Waals surface area contributed by atoms with E-state index in [1.54, 1.807) is 13.8 Å². The van der Waals surface area contributed by atoms with Crippen LogP contribution in [0.5, 0.6) is 5.06 Å². The molecule has 1 aromatic heterocycles. The summed E-state index contributed by atoms with van der Waals surface area (Å²) in [5.74, 6) is -0.101. The van der Waals surface area contributed by atoms with Crippen molar-refractivity contribution >= 4 is 35.8 Å². The number of carbonyl (C=O) groups is 2. The molecule has 0 fully saturated rings. The smallest absolute Gasteiger partial charge is 0.249 e. The molecule has 1 atom stereocenters. The molecule has 2 amide bonds. The van der Waals surface area contributed by atoms with Crippen molar-refractivity contribution in [1.82, 2.24) is 10.6 Å². The molecule has 0 saturated heterocycles. The first-order valence-corrected chi connectivity index (χ1v) is 8.87. The van der Waals surface area contributed by atoms with Crippen LogP contribution >= 0.6 is 24.0 Å². The number of nitrogens with one attached hydrogen (secondary N) is 2. The first-order chi connectivity index (χ1) is 10.9. The van der Waals surface area contributed by atoms with Crippen molar-refractivity contribution in [2.24, 2.45) is 5.41 Å². The second-order valence-corrected chi connectivity index (χ2v) is 7.08. The van der Waals surface area contributed by atoms with E-state index in [1.807, 2.05) is 17.5 Å². The van der Waals surface area contributed by atoms with E-state index < -0.39 is 17.4 Å². The van der Waals surface area contributed by atoms with Gasteiger partial charge in [-0.1, -0.05) is 13.8 Å². The van der Waals surface area contributed by atoms with E-state index in [0.717, 1.165) is 5.06 Å². The molecular weight excluding hydrogens is 336 g/mol. The fourth-order valence-corrected chi connectivity index (χ4v) is 2.40. The highest BCUT2D eigenvalue weighted by atomic mass is 32.1. The van der Waals surface area contributed by atoms with Crippen molar-refractivity contribution < 1.29 is 19.4 Å². The van der Waals surface area contributed by atoms with Crippen LogP contribution in [-0.4, -0.2) is 48.5 Å². The lowest BCUT2D eigenvalue weighted by Gasteiger charge is -2.29. The third kappa shape index (κ3) is 7.24. The van der Waals surface area contributed by atoms with Gasteiger partial charge in [0.2, 0.25) is 11.8 Å². The Morgan fingerprint density at radius 2 is 2.13 bits per heavy atom. The topological polar surface area (TPSA) is 87.7 Å². The number of amides is 2. The maximum atomic E-state index is 12.0. The Bertz CT molecular complexity index is 492. The Morgan fingerprint density at radius 1 is 1.39 bits per heavy atom. The van der Waals surface area contributed by atoms with E-state index in [9.17, 15) is 14.7 Å². The number of rotatable bonds is 10. The molecular formula is C15H24N2O4S2. The van der Waals surface area contributed by atoms with Gasteiger partial charge in [0.05, 0.1) is 6.61 Å². The largest absolute Gasteiger partial charge is 0.483 e. The highest BCUT2D eigenvalue weighted by molar-refractivity contribution is 7.80. The average Bonchev–Trinajstić information content (AvgIpc) is 3.03. The number of thiol groups is 1. The lowest BCUT2D eigenvalue weighted by molar-refractivity contribution is -0.136. The first kappa shape index (κ1) is 19.8. The van der Waals surface area contributed by atoms with Gasteiger partial charge in [0.1, 0.15) is 6.10 Å². The summed E-state index contributed by atoms with van der Waals surface area (Å²) in [6.45, 7) is 4.39. The molecule has 6 nitrogen and oxygen atoms in total. The Balaban J connectivity index is 2.34. The Labute approximate surface area is 146 Å². The zero-order valence-corrected chi connectivity index (χ0v) is 15.1. The van der Waals surface area contributed by atoms with Crippen LogP contribution in [0.4, 0.5) is 0 Å². The van der Waals surface area contributed by atoms with Crippen molar-refractivity contribution in [3.8, 4) is 5.06 Å². The van der Waals surface area contributed by atoms with E-state index in [-0.39, 0.29) is 25.5 Å². The molecule has 0 bridgehead atoms. The number of thiophene rings is 1. The minimum Gasteiger partial charge on any atom is -0.483 e. The van der Waals surface area contributed by atoms with Crippen LogP contribution in [0.2, 0.25) is 0 Å². The summed E-state index contributed by atoms with van der Waals surface area (Å²) in [5, 5.41) is 18.0. The van der Waals surface area contributed by atoms with Gasteiger partial charge in [-0.3, -0.25) is 9.59 Å². The normalized spacial score (nSPS) is 12.5. The molecule has 0 aromatic carbocycles. The summed E-state index contributed by atoms with van der Waals surface area (Å²) in [6, 6.07) is 3.70. The number of carbonyl (C=O) groups excluding carboxylic acids is 2. The maximum Gasteiger partial charge on any atom is 0.249 e. The van der Waals surface area contributed by atoms with Gasteiger partial charge in [-0.15, -0.1) is 11.3 Å². The van der Waals surface area contributed by atoms with E-state index in [4.69, 9.17) is 4.74 Å². The predicted molar refractivity (Wildman–Crippen MR) is 94.1 cm³/mol. The fraction of sp³-hybridized carbons (Fsp3) is 0.600. The quantitative estimate of drug-likeness (QED) is 0.470. The number of hydrogen-bond acceptors (Lipinski definition) is 6. The molecule has 23 heavy (non-hydrogen) atoms. The Hall–Kier alpha value is -1.25. The first-order valence-electron chi connectivity index (χ1n) is 7.36. The third-order valence-electron chi connectivity index (χ3n) is 3.16. The Kier molecular flexibility index (Phi) is 8.43. The summed E-state index contributed by atoms with van der Waals surface area (Å²) in [7, 11) is 0. The second kappa shape index (κ2) is 9.79. The van der Waals surface area contributed by atoms with Gasteiger partial charge in [0.15, 0.2) is 5.06 Å². The lowest BCUT2D eigenvalue weighted by atomic mass is 9.87. The number of hydrogen-bond donors (Lipinski definition) is 4. The van der Waals surface area contributed by atoms with E-state index in [0.29, 0.717) is 12.3 Å². The summed E-state index contributed by atoms with van der Waals surface area (Å²) in [5.41, 5.74) is -0.748. The summed E-state index contributed by atoms with van der Waals surface area (Å²) < 4.78 is 5.58. The number of aliphatic hydroxyl groups is 1. The van der Waals surface area contributed by atoms with Crippen LogP contribution < -0.4 is 15.4 Å². The molecule has 3 N–H and O–H groups in total. The molecule has 8 heteroatoms. The molecule has 1 rings (SSSR count). The van der Waals surface area contributed by atoms with Crippen molar-refractivity contribution in [3.05, 3.63) is 17.5 Å². The zero-order valence-electron chi connectivity index (χ0n) is 13.4. The van der Waals surface area contributed by atoms with E-state index >= 15 is 0 Å².